The monoisotopic (exact) mass is 472 g/mol. The van der Waals surface area contributed by atoms with E-state index in [1.165, 1.54) is 18.2 Å². The first-order valence-electron chi connectivity index (χ1n) is 10.1. The third-order valence-corrected chi connectivity index (χ3v) is 6.85. The molecule has 0 heterocycles. The van der Waals surface area contributed by atoms with Gasteiger partial charge < -0.3 is 10.1 Å². The Kier molecular flexibility index (Phi) is 7.43. The minimum absolute atomic E-state index is 0.0314. The molecule has 0 saturated heterocycles. The van der Waals surface area contributed by atoms with Crippen LogP contribution in [-0.2, 0) is 10.0 Å². The normalized spacial score (nSPS) is 12.1. The zero-order valence-electron chi connectivity index (χ0n) is 18.1. The van der Waals surface area contributed by atoms with Crippen molar-refractivity contribution in [2.45, 2.75) is 31.2 Å². The molecule has 3 rings (SSSR count). The van der Waals surface area contributed by atoms with Crippen molar-refractivity contribution in [3.63, 3.8) is 0 Å². The number of ether oxygens (including phenoxy) is 1. The van der Waals surface area contributed by atoms with Crippen molar-refractivity contribution >= 4 is 33.2 Å². The SMILES string of the molecule is CC[C@@H](NC(=O)c1ccc(Cl)c(S(=O)(=O)Nc2cccc(C)c2)c1)c1ccc(OC)cc1. The molecule has 0 aliphatic carbocycles. The molecule has 0 fully saturated rings. The van der Waals surface area contributed by atoms with Gasteiger partial charge in [-0.3, -0.25) is 9.52 Å². The van der Waals surface area contributed by atoms with Gasteiger partial charge in [-0.1, -0.05) is 42.8 Å². The van der Waals surface area contributed by atoms with E-state index in [2.05, 4.69) is 10.0 Å². The second kappa shape index (κ2) is 10.1. The van der Waals surface area contributed by atoms with E-state index in [-0.39, 0.29) is 21.5 Å². The number of hydrogen-bond acceptors (Lipinski definition) is 4. The minimum Gasteiger partial charge on any atom is -0.497 e. The smallest absolute Gasteiger partial charge is 0.263 e. The largest absolute Gasteiger partial charge is 0.497 e. The molecule has 168 valence electrons. The molecule has 2 N–H and O–H groups in total. The highest BCUT2D eigenvalue weighted by Gasteiger charge is 2.22. The average Bonchev–Trinajstić information content (AvgIpc) is 2.77. The Morgan fingerprint density at radius 3 is 2.41 bits per heavy atom. The van der Waals surface area contributed by atoms with Crippen molar-refractivity contribution in [2.24, 2.45) is 0 Å². The van der Waals surface area contributed by atoms with Crippen LogP contribution in [0.1, 0.15) is 40.9 Å². The van der Waals surface area contributed by atoms with E-state index in [9.17, 15) is 13.2 Å². The predicted molar refractivity (Wildman–Crippen MR) is 127 cm³/mol. The molecule has 32 heavy (non-hydrogen) atoms. The fourth-order valence-electron chi connectivity index (χ4n) is 3.27. The van der Waals surface area contributed by atoms with Crippen molar-refractivity contribution in [1.82, 2.24) is 5.32 Å². The number of aryl methyl sites for hydroxylation is 1. The quantitative estimate of drug-likeness (QED) is 0.463. The molecule has 0 radical (unpaired) electrons. The van der Waals surface area contributed by atoms with Crippen LogP contribution >= 0.6 is 11.6 Å². The molecular formula is C24H25ClN2O4S. The lowest BCUT2D eigenvalue weighted by Crippen LogP contribution is -2.28. The molecule has 6 nitrogen and oxygen atoms in total. The molecule has 0 saturated carbocycles. The van der Waals surface area contributed by atoms with Gasteiger partial charge in [0.1, 0.15) is 10.6 Å². The lowest BCUT2D eigenvalue weighted by atomic mass is 10.0. The number of halogens is 1. The third kappa shape index (κ3) is 5.60. The molecule has 3 aromatic rings. The van der Waals surface area contributed by atoms with Crippen LogP contribution < -0.4 is 14.8 Å². The Hall–Kier alpha value is -3.03. The Labute approximate surface area is 193 Å². The van der Waals surface area contributed by atoms with E-state index >= 15 is 0 Å². The van der Waals surface area contributed by atoms with Crippen LogP contribution in [0.25, 0.3) is 0 Å². The molecule has 0 spiro atoms. The van der Waals surface area contributed by atoms with Crippen LogP contribution in [0.3, 0.4) is 0 Å². The summed E-state index contributed by atoms with van der Waals surface area (Å²) in [5, 5.41) is 2.99. The van der Waals surface area contributed by atoms with Crippen LogP contribution in [0, 0.1) is 6.92 Å². The number of anilines is 1. The molecular weight excluding hydrogens is 448 g/mol. The van der Waals surface area contributed by atoms with E-state index in [1.54, 1.807) is 25.3 Å². The standard InChI is InChI=1S/C24H25ClN2O4S/c1-4-22(17-8-11-20(31-3)12-9-17)26-24(28)18-10-13-21(25)23(15-18)32(29,30)27-19-7-5-6-16(2)14-19/h5-15,22,27H,4H2,1-3H3,(H,26,28)/t22-/m1/s1. The van der Waals surface area contributed by atoms with Gasteiger partial charge in [0.05, 0.1) is 18.2 Å². The van der Waals surface area contributed by atoms with Crippen molar-refractivity contribution in [3.8, 4) is 5.75 Å². The first-order chi connectivity index (χ1) is 15.2. The fourth-order valence-corrected chi connectivity index (χ4v) is 4.84. The Bertz CT molecular complexity index is 1210. The Morgan fingerprint density at radius 1 is 1.06 bits per heavy atom. The third-order valence-electron chi connectivity index (χ3n) is 4.98. The maximum absolute atomic E-state index is 12.9. The van der Waals surface area contributed by atoms with Crippen LogP contribution in [0.4, 0.5) is 5.69 Å². The van der Waals surface area contributed by atoms with Gasteiger partial charge in [0.2, 0.25) is 0 Å². The number of nitrogens with one attached hydrogen (secondary N) is 2. The van der Waals surface area contributed by atoms with E-state index in [1.807, 2.05) is 44.2 Å². The summed E-state index contributed by atoms with van der Waals surface area (Å²) >= 11 is 6.18. The summed E-state index contributed by atoms with van der Waals surface area (Å²) < 4.78 is 33.6. The van der Waals surface area contributed by atoms with Crippen molar-refractivity contribution in [1.29, 1.82) is 0 Å². The van der Waals surface area contributed by atoms with Gasteiger partial charge in [-0.2, -0.15) is 0 Å². The number of carbonyl (C=O) groups is 1. The van der Waals surface area contributed by atoms with Gasteiger partial charge in [0.25, 0.3) is 15.9 Å². The Morgan fingerprint density at radius 2 is 1.78 bits per heavy atom. The van der Waals surface area contributed by atoms with E-state index in [0.29, 0.717) is 12.1 Å². The fraction of sp³-hybridized carbons (Fsp3) is 0.208. The van der Waals surface area contributed by atoms with Gasteiger partial charge in [-0.25, -0.2) is 8.42 Å². The van der Waals surface area contributed by atoms with Crippen molar-refractivity contribution in [3.05, 3.63) is 88.4 Å². The Balaban J connectivity index is 1.84. The summed E-state index contributed by atoms with van der Waals surface area (Å²) in [7, 11) is -2.40. The minimum atomic E-state index is -3.99. The molecule has 0 unspecified atom stereocenters. The summed E-state index contributed by atoms with van der Waals surface area (Å²) in [5.41, 5.74) is 2.45. The zero-order chi connectivity index (χ0) is 23.3. The highest BCUT2D eigenvalue weighted by atomic mass is 35.5. The maximum Gasteiger partial charge on any atom is 0.263 e. The number of benzene rings is 3. The van der Waals surface area contributed by atoms with E-state index in [4.69, 9.17) is 16.3 Å². The van der Waals surface area contributed by atoms with Gasteiger partial charge in [0.15, 0.2) is 0 Å². The van der Waals surface area contributed by atoms with Crippen LogP contribution in [0.5, 0.6) is 5.75 Å². The molecule has 0 aliphatic rings. The summed E-state index contributed by atoms with van der Waals surface area (Å²) in [6.07, 6.45) is 0.658. The first-order valence-corrected chi connectivity index (χ1v) is 11.9. The summed E-state index contributed by atoms with van der Waals surface area (Å²) in [6, 6.07) is 18.4. The number of rotatable bonds is 8. The lowest BCUT2D eigenvalue weighted by Gasteiger charge is -2.18. The zero-order valence-corrected chi connectivity index (χ0v) is 19.6. The number of sulfonamides is 1. The average molecular weight is 473 g/mol. The molecule has 8 heteroatoms. The van der Waals surface area contributed by atoms with Gasteiger partial charge in [-0.05, 0) is 66.9 Å². The van der Waals surface area contributed by atoms with Gasteiger partial charge in [0, 0.05) is 11.3 Å². The predicted octanol–water partition coefficient (Wildman–Crippen LogP) is 5.34. The van der Waals surface area contributed by atoms with Gasteiger partial charge >= 0.3 is 0 Å². The highest BCUT2D eigenvalue weighted by molar-refractivity contribution is 7.92. The maximum atomic E-state index is 12.9. The number of amides is 1. The molecule has 1 atom stereocenters. The highest BCUT2D eigenvalue weighted by Crippen LogP contribution is 2.26. The molecule has 1 amide bonds. The number of methoxy groups -OCH3 is 1. The molecule has 3 aromatic carbocycles. The summed E-state index contributed by atoms with van der Waals surface area (Å²) in [4.78, 5) is 12.7. The van der Waals surface area contributed by atoms with E-state index < -0.39 is 15.9 Å². The van der Waals surface area contributed by atoms with Gasteiger partial charge in [-0.15, -0.1) is 0 Å². The summed E-state index contributed by atoms with van der Waals surface area (Å²) in [5.74, 6) is 0.333. The second-order valence-corrected chi connectivity index (χ2v) is 9.39. The molecule has 0 bridgehead atoms. The van der Waals surface area contributed by atoms with E-state index in [0.717, 1.165) is 16.9 Å². The number of carbonyl (C=O) groups excluding carboxylic acids is 1. The van der Waals surface area contributed by atoms with Crippen molar-refractivity contribution < 1.29 is 17.9 Å². The molecule has 0 aromatic heterocycles. The topological polar surface area (TPSA) is 84.5 Å². The van der Waals surface area contributed by atoms with Crippen LogP contribution in [0.15, 0.2) is 71.6 Å². The summed E-state index contributed by atoms with van der Waals surface area (Å²) in [6.45, 7) is 3.82. The van der Waals surface area contributed by atoms with Crippen LogP contribution in [0.2, 0.25) is 5.02 Å². The first kappa shape index (κ1) is 23.6. The van der Waals surface area contributed by atoms with Crippen molar-refractivity contribution in [2.75, 3.05) is 11.8 Å². The molecule has 0 aliphatic heterocycles. The second-order valence-electron chi connectivity index (χ2n) is 7.33. The van der Waals surface area contributed by atoms with Crippen LogP contribution in [-0.4, -0.2) is 21.4 Å². The number of hydrogen-bond donors (Lipinski definition) is 2. The lowest BCUT2D eigenvalue weighted by molar-refractivity contribution is 0.0935.